The normalized spacial score (nSPS) is 27.4. The largest absolute Gasteiger partial charge is 0.380 e. The van der Waals surface area contributed by atoms with Crippen LogP contribution in [-0.4, -0.2) is 65.5 Å². The van der Waals surface area contributed by atoms with Gasteiger partial charge in [-0.1, -0.05) is 6.07 Å². The van der Waals surface area contributed by atoms with Crippen LogP contribution < -0.4 is 0 Å². The summed E-state index contributed by atoms with van der Waals surface area (Å²) in [7, 11) is 0. The number of hydrogen-bond donors (Lipinski definition) is 0. The number of ether oxygens (including phenoxy) is 1. The number of halogens is 2. The smallest absolute Gasteiger partial charge is 0.282 e. The first-order chi connectivity index (χ1) is 11.4. The summed E-state index contributed by atoms with van der Waals surface area (Å²) >= 11 is 0. The van der Waals surface area contributed by atoms with Crippen molar-refractivity contribution in [3.8, 4) is 0 Å². The van der Waals surface area contributed by atoms with Gasteiger partial charge in [0.15, 0.2) is 0 Å². The second-order valence-electron chi connectivity index (χ2n) is 6.72. The number of alkyl halides is 2. The maximum Gasteiger partial charge on any atom is 0.282 e. The minimum atomic E-state index is -2.71. The van der Waals surface area contributed by atoms with E-state index >= 15 is 0 Å². The van der Waals surface area contributed by atoms with Crippen molar-refractivity contribution in [2.24, 2.45) is 5.92 Å². The van der Waals surface area contributed by atoms with E-state index < -0.39 is 19.0 Å². The van der Waals surface area contributed by atoms with Gasteiger partial charge >= 0.3 is 0 Å². The SMILES string of the molecule is C[C@@H]1[C@@H](CC(=O)N2CC(F)(F)C2)COCCN1Cc1cccnc1. The Morgan fingerprint density at radius 2 is 2.25 bits per heavy atom. The van der Waals surface area contributed by atoms with E-state index in [-0.39, 0.29) is 24.3 Å². The summed E-state index contributed by atoms with van der Waals surface area (Å²) in [6.45, 7) is 3.79. The third-order valence-electron chi connectivity index (χ3n) is 4.86. The van der Waals surface area contributed by atoms with Crippen LogP contribution in [0.15, 0.2) is 24.5 Å². The van der Waals surface area contributed by atoms with E-state index in [4.69, 9.17) is 4.74 Å². The summed E-state index contributed by atoms with van der Waals surface area (Å²) in [6, 6.07) is 4.06. The first kappa shape index (κ1) is 17.2. The fraction of sp³-hybridized carbons (Fsp3) is 0.647. The molecule has 2 aliphatic heterocycles. The molecule has 5 nitrogen and oxygen atoms in total. The van der Waals surface area contributed by atoms with Gasteiger partial charge in [0, 0.05) is 43.9 Å². The molecule has 0 aliphatic carbocycles. The lowest BCUT2D eigenvalue weighted by Gasteiger charge is -2.40. The summed E-state index contributed by atoms with van der Waals surface area (Å²) in [6.07, 6.45) is 3.82. The first-order valence-electron chi connectivity index (χ1n) is 8.31. The van der Waals surface area contributed by atoms with Crippen LogP contribution in [0.1, 0.15) is 18.9 Å². The number of aromatic nitrogens is 1. The topological polar surface area (TPSA) is 45.7 Å². The molecule has 1 amide bonds. The van der Waals surface area contributed by atoms with Gasteiger partial charge in [0.1, 0.15) is 0 Å². The van der Waals surface area contributed by atoms with Gasteiger partial charge in [0.05, 0.1) is 26.3 Å². The summed E-state index contributed by atoms with van der Waals surface area (Å²) in [5, 5.41) is 0. The van der Waals surface area contributed by atoms with Crippen LogP contribution in [0, 0.1) is 5.92 Å². The lowest BCUT2D eigenvalue weighted by Crippen LogP contribution is -2.59. The highest BCUT2D eigenvalue weighted by molar-refractivity contribution is 5.77. The van der Waals surface area contributed by atoms with Gasteiger partial charge < -0.3 is 9.64 Å². The predicted octanol–water partition coefficient (Wildman–Crippen LogP) is 1.79. The zero-order valence-electron chi connectivity index (χ0n) is 13.8. The van der Waals surface area contributed by atoms with Gasteiger partial charge in [-0.2, -0.15) is 0 Å². The highest BCUT2D eigenvalue weighted by Crippen LogP contribution is 2.29. The average molecular weight is 339 g/mol. The maximum absolute atomic E-state index is 12.9. The molecule has 1 aromatic heterocycles. The second kappa shape index (κ2) is 7.11. The minimum Gasteiger partial charge on any atom is -0.380 e. The quantitative estimate of drug-likeness (QED) is 0.839. The molecule has 2 fully saturated rings. The third-order valence-corrected chi connectivity index (χ3v) is 4.86. The van der Waals surface area contributed by atoms with E-state index in [9.17, 15) is 13.6 Å². The molecule has 132 valence electrons. The van der Waals surface area contributed by atoms with E-state index in [1.54, 1.807) is 6.20 Å². The molecular weight excluding hydrogens is 316 g/mol. The van der Waals surface area contributed by atoms with Crippen molar-refractivity contribution in [3.63, 3.8) is 0 Å². The standard InChI is InChI=1S/C17H23F2N3O2/c1-13-15(7-16(23)22-11-17(18,19)12-22)10-24-6-5-21(13)9-14-3-2-4-20-8-14/h2-4,8,13,15H,5-7,9-12H2,1H3/t13-,15+/m1/s1. The Balaban J connectivity index is 1.59. The molecule has 2 saturated heterocycles. The van der Waals surface area contributed by atoms with E-state index in [1.807, 2.05) is 18.3 Å². The number of pyridine rings is 1. The number of amides is 1. The van der Waals surface area contributed by atoms with Gasteiger partial charge in [0.2, 0.25) is 5.91 Å². The van der Waals surface area contributed by atoms with Gasteiger partial charge in [-0.3, -0.25) is 14.7 Å². The molecule has 0 spiro atoms. The Hall–Kier alpha value is -1.60. The number of likely N-dealkylation sites (tertiary alicyclic amines) is 1. The van der Waals surface area contributed by atoms with E-state index in [2.05, 4.69) is 16.8 Å². The van der Waals surface area contributed by atoms with Gasteiger partial charge in [-0.15, -0.1) is 0 Å². The molecule has 2 atom stereocenters. The first-order valence-corrected chi connectivity index (χ1v) is 8.31. The maximum atomic E-state index is 12.9. The minimum absolute atomic E-state index is 0.00546. The van der Waals surface area contributed by atoms with Crippen LogP contribution in [0.5, 0.6) is 0 Å². The Kier molecular flexibility index (Phi) is 5.10. The van der Waals surface area contributed by atoms with Crippen molar-refractivity contribution in [3.05, 3.63) is 30.1 Å². The fourth-order valence-electron chi connectivity index (χ4n) is 3.28. The molecule has 2 aliphatic rings. The Labute approximate surface area is 140 Å². The molecule has 7 heteroatoms. The van der Waals surface area contributed by atoms with Crippen molar-refractivity contribution < 1.29 is 18.3 Å². The second-order valence-corrected chi connectivity index (χ2v) is 6.72. The number of carbonyl (C=O) groups excluding carboxylic acids is 1. The van der Waals surface area contributed by atoms with Gasteiger partial charge in [0.25, 0.3) is 5.92 Å². The van der Waals surface area contributed by atoms with Crippen molar-refractivity contribution in [2.75, 3.05) is 32.8 Å². The lowest BCUT2D eigenvalue weighted by atomic mass is 9.95. The van der Waals surface area contributed by atoms with Gasteiger partial charge in [-0.25, -0.2) is 8.78 Å². The monoisotopic (exact) mass is 339 g/mol. The van der Waals surface area contributed by atoms with Crippen LogP contribution in [-0.2, 0) is 16.1 Å². The summed E-state index contributed by atoms with van der Waals surface area (Å²) in [4.78, 5) is 19.9. The fourth-order valence-corrected chi connectivity index (χ4v) is 3.28. The Morgan fingerprint density at radius 3 is 2.92 bits per heavy atom. The average Bonchev–Trinajstić information content (AvgIpc) is 2.69. The summed E-state index contributed by atoms with van der Waals surface area (Å²) < 4.78 is 31.5. The zero-order valence-corrected chi connectivity index (χ0v) is 13.8. The molecule has 3 heterocycles. The van der Waals surface area contributed by atoms with Crippen molar-refractivity contribution in [1.29, 1.82) is 0 Å². The summed E-state index contributed by atoms with van der Waals surface area (Å²) in [5.74, 6) is -2.91. The predicted molar refractivity (Wildman–Crippen MR) is 84.6 cm³/mol. The Morgan fingerprint density at radius 1 is 1.46 bits per heavy atom. The number of carbonyl (C=O) groups is 1. The van der Waals surface area contributed by atoms with Crippen LogP contribution in [0.2, 0.25) is 0 Å². The third kappa shape index (κ3) is 4.08. The molecule has 0 aromatic carbocycles. The highest BCUT2D eigenvalue weighted by Gasteiger charge is 2.46. The molecule has 1 aromatic rings. The molecule has 0 unspecified atom stereocenters. The van der Waals surface area contributed by atoms with Crippen LogP contribution in [0.4, 0.5) is 8.78 Å². The Bertz CT molecular complexity index is 562. The molecule has 0 saturated carbocycles. The van der Waals surface area contributed by atoms with E-state index in [0.29, 0.717) is 13.2 Å². The molecular formula is C17H23F2N3O2. The molecule has 3 rings (SSSR count). The molecule has 0 N–H and O–H groups in total. The summed E-state index contributed by atoms with van der Waals surface area (Å²) in [5.41, 5.74) is 1.11. The van der Waals surface area contributed by atoms with Crippen molar-refractivity contribution in [2.45, 2.75) is 31.9 Å². The zero-order chi connectivity index (χ0) is 17.2. The van der Waals surface area contributed by atoms with E-state index in [1.165, 1.54) is 4.90 Å². The molecule has 0 bridgehead atoms. The lowest BCUT2D eigenvalue weighted by molar-refractivity contribution is -0.167. The molecule has 0 radical (unpaired) electrons. The number of nitrogens with zero attached hydrogens (tertiary/aromatic N) is 3. The van der Waals surface area contributed by atoms with Crippen LogP contribution in [0.25, 0.3) is 0 Å². The van der Waals surface area contributed by atoms with Crippen molar-refractivity contribution >= 4 is 5.91 Å². The van der Waals surface area contributed by atoms with E-state index in [0.717, 1.165) is 18.7 Å². The number of rotatable bonds is 4. The van der Waals surface area contributed by atoms with Crippen LogP contribution >= 0.6 is 0 Å². The van der Waals surface area contributed by atoms with Crippen molar-refractivity contribution in [1.82, 2.24) is 14.8 Å². The highest BCUT2D eigenvalue weighted by atomic mass is 19.3. The van der Waals surface area contributed by atoms with Crippen LogP contribution in [0.3, 0.4) is 0 Å². The molecule has 24 heavy (non-hydrogen) atoms. The van der Waals surface area contributed by atoms with Gasteiger partial charge in [-0.05, 0) is 18.6 Å². The number of hydrogen-bond acceptors (Lipinski definition) is 4.